The van der Waals surface area contributed by atoms with Crippen LogP contribution in [0.5, 0.6) is 0 Å². The van der Waals surface area contributed by atoms with Gasteiger partial charge in [-0.3, -0.25) is 4.79 Å². The number of thiocarbonyl (C=S) groups is 1. The summed E-state index contributed by atoms with van der Waals surface area (Å²) < 4.78 is 23.5. The highest BCUT2D eigenvalue weighted by Crippen LogP contribution is 2.30. The van der Waals surface area contributed by atoms with Gasteiger partial charge in [0, 0.05) is 29.6 Å². The molecule has 1 saturated heterocycles. The highest BCUT2D eigenvalue weighted by Gasteiger charge is 2.32. The van der Waals surface area contributed by atoms with Crippen molar-refractivity contribution in [2.24, 2.45) is 10.9 Å². The van der Waals surface area contributed by atoms with E-state index >= 15 is 0 Å². The van der Waals surface area contributed by atoms with E-state index in [0.29, 0.717) is 34.3 Å². The van der Waals surface area contributed by atoms with Crippen molar-refractivity contribution in [2.45, 2.75) is 19.0 Å². The van der Waals surface area contributed by atoms with Crippen LogP contribution >= 0.6 is 23.8 Å². The number of rotatable bonds is 4. The Hall–Kier alpha value is -2.29. The molecular formula is C22H22ClN3O3S2. The first-order valence-electron chi connectivity index (χ1n) is 9.94. The molecule has 2 aliphatic rings. The van der Waals surface area contributed by atoms with Crippen LogP contribution in [0, 0.1) is 5.92 Å². The van der Waals surface area contributed by atoms with Crippen LogP contribution in [0.3, 0.4) is 0 Å². The van der Waals surface area contributed by atoms with E-state index in [-0.39, 0.29) is 23.3 Å². The number of benzene rings is 2. The minimum atomic E-state index is -2.99. The lowest BCUT2D eigenvalue weighted by Crippen LogP contribution is -2.45. The summed E-state index contributed by atoms with van der Waals surface area (Å²) in [6.45, 7) is 0. The number of aliphatic imine (C=N–C) groups is 1. The first-order valence-corrected chi connectivity index (χ1v) is 12.5. The predicted octanol–water partition coefficient (Wildman–Crippen LogP) is 3.22. The normalized spacial score (nSPS) is 22.5. The van der Waals surface area contributed by atoms with E-state index in [1.807, 2.05) is 30.3 Å². The average molecular weight is 476 g/mol. The molecule has 1 amide bonds. The fraction of sp³-hybridized carbons (Fsp3) is 0.318. The molecule has 0 radical (unpaired) electrons. The molecule has 2 atom stereocenters. The number of anilines is 1. The number of benzodiazepines with no additional fused rings is 1. The Morgan fingerprint density at radius 1 is 1.26 bits per heavy atom. The highest BCUT2D eigenvalue weighted by molar-refractivity contribution is 7.91. The summed E-state index contributed by atoms with van der Waals surface area (Å²) >= 11 is 11.7. The maximum atomic E-state index is 13.2. The van der Waals surface area contributed by atoms with Crippen molar-refractivity contribution < 1.29 is 13.2 Å². The van der Waals surface area contributed by atoms with Crippen LogP contribution in [0.25, 0.3) is 0 Å². The molecule has 4 rings (SSSR count). The molecule has 0 aliphatic carbocycles. The molecular weight excluding hydrogens is 454 g/mol. The van der Waals surface area contributed by atoms with Gasteiger partial charge in [-0.25, -0.2) is 13.4 Å². The number of nitrogens with zero attached hydrogens (tertiary/aromatic N) is 2. The number of carbonyl (C=O) groups excluding carboxylic acids is 1. The van der Waals surface area contributed by atoms with Crippen molar-refractivity contribution in [2.75, 3.05) is 23.5 Å². The van der Waals surface area contributed by atoms with Crippen molar-refractivity contribution in [3.8, 4) is 0 Å². The quantitative estimate of drug-likeness (QED) is 0.687. The van der Waals surface area contributed by atoms with Gasteiger partial charge < -0.3 is 10.2 Å². The molecule has 2 aromatic carbocycles. The Labute approximate surface area is 192 Å². The third kappa shape index (κ3) is 4.81. The number of nitrogens with one attached hydrogen (secondary N) is 1. The largest absolute Gasteiger partial charge is 0.351 e. The second kappa shape index (κ2) is 8.68. The lowest BCUT2D eigenvalue weighted by Gasteiger charge is -2.22. The van der Waals surface area contributed by atoms with E-state index in [1.165, 1.54) is 0 Å². The molecule has 2 unspecified atom stereocenters. The lowest BCUT2D eigenvalue weighted by atomic mass is 10.0. The summed E-state index contributed by atoms with van der Waals surface area (Å²) in [7, 11) is -1.29. The summed E-state index contributed by atoms with van der Waals surface area (Å²) in [6, 6.07) is 14.9. The molecule has 2 aliphatic heterocycles. The zero-order valence-corrected chi connectivity index (χ0v) is 19.3. The van der Waals surface area contributed by atoms with Gasteiger partial charge >= 0.3 is 0 Å². The van der Waals surface area contributed by atoms with Crippen LogP contribution in [0.4, 0.5) is 5.69 Å². The fourth-order valence-corrected chi connectivity index (χ4v) is 6.35. The third-order valence-corrected chi connectivity index (χ3v) is 7.90. The number of likely N-dealkylation sites (N-methyl/N-ethyl adjacent to an activating group) is 1. The Bertz CT molecular complexity index is 1170. The minimum Gasteiger partial charge on any atom is -0.351 e. The van der Waals surface area contributed by atoms with Gasteiger partial charge in [0.15, 0.2) is 16.0 Å². The van der Waals surface area contributed by atoms with Crippen molar-refractivity contribution in [3.63, 3.8) is 0 Å². The number of carbonyl (C=O) groups is 1. The molecule has 0 aromatic heterocycles. The zero-order valence-electron chi connectivity index (χ0n) is 16.9. The van der Waals surface area contributed by atoms with Gasteiger partial charge in [0.1, 0.15) is 0 Å². The molecule has 9 heteroatoms. The maximum absolute atomic E-state index is 13.2. The third-order valence-electron chi connectivity index (χ3n) is 5.54. The number of fused-ring (bicyclic) bond motifs is 1. The zero-order chi connectivity index (χ0) is 22.2. The summed E-state index contributed by atoms with van der Waals surface area (Å²) in [5.41, 5.74) is 2.95. The molecule has 2 aromatic rings. The van der Waals surface area contributed by atoms with E-state index in [9.17, 15) is 13.2 Å². The van der Waals surface area contributed by atoms with E-state index < -0.39 is 16.0 Å². The average Bonchev–Trinajstić information content (AvgIpc) is 3.04. The molecule has 2 heterocycles. The van der Waals surface area contributed by atoms with Crippen molar-refractivity contribution in [1.29, 1.82) is 0 Å². The SMILES string of the molecule is CN1C(=O)C(NC(=S)CC2CCS(=O)(=O)C2)N=C(c2ccccc2)c2cc(Cl)ccc21. The molecule has 162 valence electrons. The van der Waals surface area contributed by atoms with Crippen LogP contribution < -0.4 is 10.2 Å². The number of amides is 1. The van der Waals surface area contributed by atoms with Crippen LogP contribution in [-0.4, -0.2) is 49.7 Å². The van der Waals surface area contributed by atoms with Crippen LogP contribution in [0.15, 0.2) is 53.5 Å². The summed E-state index contributed by atoms with van der Waals surface area (Å²) in [6.07, 6.45) is 0.0826. The van der Waals surface area contributed by atoms with Crippen LogP contribution in [0.1, 0.15) is 24.0 Å². The molecule has 1 N–H and O–H groups in total. The highest BCUT2D eigenvalue weighted by atomic mass is 35.5. The monoisotopic (exact) mass is 475 g/mol. The van der Waals surface area contributed by atoms with E-state index in [4.69, 9.17) is 28.8 Å². The Morgan fingerprint density at radius 3 is 2.68 bits per heavy atom. The summed E-state index contributed by atoms with van der Waals surface area (Å²) in [4.78, 5) is 20.0. The van der Waals surface area contributed by atoms with E-state index in [1.54, 1.807) is 30.1 Å². The van der Waals surface area contributed by atoms with Crippen molar-refractivity contribution in [3.05, 3.63) is 64.7 Å². The topological polar surface area (TPSA) is 78.8 Å². The van der Waals surface area contributed by atoms with Gasteiger partial charge in [0.25, 0.3) is 5.91 Å². The molecule has 0 spiro atoms. The summed E-state index contributed by atoms with van der Waals surface area (Å²) in [5, 5.41) is 3.62. The summed E-state index contributed by atoms with van der Waals surface area (Å²) in [5.74, 6) is 0.0428. The lowest BCUT2D eigenvalue weighted by molar-refractivity contribution is -0.119. The van der Waals surface area contributed by atoms with Crippen LogP contribution in [0.2, 0.25) is 5.02 Å². The second-order valence-electron chi connectivity index (χ2n) is 7.85. The van der Waals surface area contributed by atoms with E-state index in [2.05, 4.69) is 5.32 Å². The molecule has 6 nitrogen and oxygen atoms in total. The molecule has 0 bridgehead atoms. The Kier molecular flexibility index (Phi) is 6.14. The van der Waals surface area contributed by atoms with Gasteiger partial charge in [-0.1, -0.05) is 54.2 Å². The van der Waals surface area contributed by atoms with Gasteiger partial charge in [-0.2, -0.15) is 0 Å². The Morgan fingerprint density at radius 2 is 2.00 bits per heavy atom. The van der Waals surface area contributed by atoms with Crippen molar-refractivity contribution in [1.82, 2.24) is 5.32 Å². The van der Waals surface area contributed by atoms with E-state index in [0.717, 1.165) is 11.1 Å². The molecule has 0 saturated carbocycles. The number of hydrogen-bond donors (Lipinski definition) is 1. The van der Waals surface area contributed by atoms with Gasteiger partial charge in [-0.05, 0) is 30.5 Å². The minimum absolute atomic E-state index is 0.0304. The number of halogens is 1. The standard InChI is InChI=1S/C22H22ClN3O3S2/c1-26-18-8-7-16(23)12-17(18)20(15-5-3-2-4-6-15)25-21(22(26)27)24-19(30)11-14-9-10-31(28,29)13-14/h2-8,12,14,21H,9-11,13H2,1H3,(H,24,30). The van der Waals surface area contributed by atoms with Gasteiger partial charge in [0.2, 0.25) is 0 Å². The number of sulfone groups is 1. The molecule has 31 heavy (non-hydrogen) atoms. The fourth-order valence-electron chi connectivity index (χ4n) is 3.97. The second-order valence-corrected chi connectivity index (χ2v) is 11.0. The predicted molar refractivity (Wildman–Crippen MR) is 128 cm³/mol. The molecule has 1 fully saturated rings. The Balaban J connectivity index is 1.67. The van der Waals surface area contributed by atoms with Crippen LogP contribution in [-0.2, 0) is 14.6 Å². The van der Waals surface area contributed by atoms with Gasteiger partial charge in [-0.15, -0.1) is 0 Å². The van der Waals surface area contributed by atoms with Crippen molar-refractivity contribution >= 4 is 56.0 Å². The van der Waals surface area contributed by atoms with Gasteiger partial charge in [0.05, 0.1) is 27.9 Å². The first-order chi connectivity index (χ1) is 14.7. The number of hydrogen-bond acceptors (Lipinski definition) is 5. The maximum Gasteiger partial charge on any atom is 0.271 e. The smallest absolute Gasteiger partial charge is 0.271 e. The first kappa shape index (κ1) is 21.9.